The Labute approximate surface area is 232 Å². The number of nitrogens with two attached hydrogens (primary N) is 1. The van der Waals surface area contributed by atoms with Crippen LogP contribution in [0.3, 0.4) is 0 Å². The standard InChI is InChI=1S/C32H32N2O6/c1-31(2,3)40-30(37)34-32(15-8-16-32)21-13-11-19(12-14-21)26-27(35)22-17-23(29(33)36)24(38-4)18-25(22)39-28(26)20-9-6-5-7-10-20/h5-7,9-14,17-18H,8,15-16H2,1-4H3,(H2,33,36)(H,34,37). The zero-order chi connectivity index (χ0) is 28.7. The molecule has 1 fully saturated rings. The van der Waals surface area contributed by atoms with E-state index in [0.717, 1.165) is 30.4 Å². The number of methoxy groups -OCH3 is 1. The van der Waals surface area contributed by atoms with Gasteiger partial charge in [0.2, 0.25) is 5.43 Å². The number of hydrogen-bond acceptors (Lipinski definition) is 6. The number of carbonyl (C=O) groups is 2. The number of hydrogen-bond donors (Lipinski definition) is 2. The first-order valence-electron chi connectivity index (χ1n) is 13.2. The van der Waals surface area contributed by atoms with Crippen LogP contribution in [0, 0.1) is 0 Å². The van der Waals surface area contributed by atoms with E-state index in [1.165, 1.54) is 19.2 Å². The summed E-state index contributed by atoms with van der Waals surface area (Å²) in [6.45, 7) is 5.49. The molecule has 40 heavy (non-hydrogen) atoms. The van der Waals surface area contributed by atoms with Crippen molar-refractivity contribution in [3.63, 3.8) is 0 Å². The lowest BCUT2D eigenvalue weighted by Crippen LogP contribution is -2.52. The number of carbonyl (C=O) groups excluding carboxylic acids is 2. The van der Waals surface area contributed by atoms with E-state index in [1.807, 2.05) is 75.4 Å². The smallest absolute Gasteiger partial charge is 0.408 e. The summed E-state index contributed by atoms with van der Waals surface area (Å²) >= 11 is 0. The first-order chi connectivity index (χ1) is 19.0. The molecule has 8 heteroatoms. The van der Waals surface area contributed by atoms with Crippen molar-refractivity contribution in [2.75, 3.05) is 7.11 Å². The van der Waals surface area contributed by atoms with Gasteiger partial charge in [-0.15, -0.1) is 0 Å². The highest BCUT2D eigenvalue weighted by atomic mass is 16.6. The molecule has 0 saturated heterocycles. The monoisotopic (exact) mass is 540 g/mol. The Morgan fingerprint density at radius 3 is 2.20 bits per heavy atom. The first kappa shape index (κ1) is 27.0. The molecule has 0 aliphatic heterocycles. The predicted molar refractivity (Wildman–Crippen MR) is 153 cm³/mol. The van der Waals surface area contributed by atoms with E-state index in [9.17, 15) is 14.4 Å². The average molecular weight is 541 g/mol. The highest BCUT2D eigenvalue weighted by molar-refractivity contribution is 6.01. The van der Waals surface area contributed by atoms with Gasteiger partial charge >= 0.3 is 6.09 Å². The van der Waals surface area contributed by atoms with Crippen LogP contribution < -0.4 is 21.2 Å². The van der Waals surface area contributed by atoms with Crippen molar-refractivity contribution in [1.29, 1.82) is 0 Å². The van der Waals surface area contributed by atoms with Crippen molar-refractivity contribution in [3.8, 4) is 28.2 Å². The Kier molecular flexibility index (Phi) is 6.87. The summed E-state index contributed by atoms with van der Waals surface area (Å²) in [7, 11) is 1.42. The maximum Gasteiger partial charge on any atom is 0.408 e. The molecule has 1 saturated carbocycles. The van der Waals surface area contributed by atoms with Crippen LogP contribution in [0.5, 0.6) is 5.75 Å². The second-order valence-electron chi connectivity index (χ2n) is 11.1. The number of nitrogens with one attached hydrogen (secondary N) is 1. The van der Waals surface area contributed by atoms with Crippen LogP contribution in [-0.2, 0) is 10.3 Å². The molecule has 4 aromatic rings. The maximum absolute atomic E-state index is 14.0. The summed E-state index contributed by atoms with van der Waals surface area (Å²) in [5.41, 5.74) is 7.15. The molecule has 0 bridgehead atoms. The van der Waals surface area contributed by atoms with Crippen molar-refractivity contribution in [2.45, 2.75) is 51.2 Å². The third-order valence-corrected chi connectivity index (χ3v) is 7.19. The molecule has 0 radical (unpaired) electrons. The van der Waals surface area contributed by atoms with Gasteiger partial charge in [0, 0.05) is 11.6 Å². The van der Waals surface area contributed by atoms with E-state index in [0.29, 0.717) is 16.9 Å². The Balaban J connectivity index is 1.63. The lowest BCUT2D eigenvalue weighted by Gasteiger charge is -2.43. The highest BCUT2D eigenvalue weighted by Gasteiger charge is 2.41. The zero-order valence-electron chi connectivity index (χ0n) is 23.0. The second kappa shape index (κ2) is 10.2. The minimum Gasteiger partial charge on any atom is -0.496 e. The van der Waals surface area contributed by atoms with Crippen molar-refractivity contribution in [1.82, 2.24) is 5.32 Å². The van der Waals surface area contributed by atoms with E-state index in [2.05, 4.69) is 5.32 Å². The van der Waals surface area contributed by atoms with Gasteiger partial charge in [0.05, 0.1) is 29.2 Å². The van der Waals surface area contributed by atoms with Gasteiger partial charge in [-0.3, -0.25) is 9.59 Å². The van der Waals surface area contributed by atoms with Gasteiger partial charge in [-0.1, -0.05) is 54.6 Å². The van der Waals surface area contributed by atoms with Gasteiger partial charge in [0.25, 0.3) is 5.91 Å². The van der Waals surface area contributed by atoms with Gasteiger partial charge in [-0.05, 0) is 57.2 Å². The van der Waals surface area contributed by atoms with Crippen LogP contribution in [0.1, 0.15) is 56.0 Å². The minimum atomic E-state index is -0.709. The van der Waals surface area contributed by atoms with Gasteiger partial charge in [0.1, 0.15) is 22.7 Å². The number of primary amides is 1. The fraction of sp³-hybridized carbons (Fsp3) is 0.281. The fourth-order valence-electron chi connectivity index (χ4n) is 5.11. The summed E-state index contributed by atoms with van der Waals surface area (Å²) in [5, 5.41) is 3.28. The zero-order valence-corrected chi connectivity index (χ0v) is 23.0. The number of fused-ring (bicyclic) bond motifs is 1. The molecule has 5 rings (SSSR count). The normalized spacial score (nSPS) is 14.3. The van der Waals surface area contributed by atoms with E-state index in [-0.39, 0.29) is 27.7 Å². The topological polar surface area (TPSA) is 121 Å². The van der Waals surface area contributed by atoms with E-state index in [1.54, 1.807) is 0 Å². The van der Waals surface area contributed by atoms with Gasteiger partial charge in [0.15, 0.2) is 0 Å². The number of alkyl carbamates (subject to hydrolysis) is 1. The highest BCUT2D eigenvalue weighted by Crippen LogP contribution is 2.42. The largest absolute Gasteiger partial charge is 0.496 e. The van der Waals surface area contributed by atoms with Crippen molar-refractivity contribution in [3.05, 3.63) is 88.1 Å². The molecular weight excluding hydrogens is 508 g/mol. The van der Waals surface area contributed by atoms with Crippen LogP contribution in [0.4, 0.5) is 4.79 Å². The number of amides is 2. The van der Waals surface area contributed by atoms with Crippen molar-refractivity contribution < 1.29 is 23.5 Å². The van der Waals surface area contributed by atoms with Crippen LogP contribution in [0.2, 0.25) is 0 Å². The summed E-state index contributed by atoms with van der Waals surface area (Å²) in [6.07, 6.45) is 2.10. The van der Waals surface area contributed by atoms with Gasteiger partial charge < -0.3 is 24.9 Å². The SMILES string of the molecule is COc1cc2oc(-c3ccccc3)c(-c3ccc(C4(NC(=O)OC(C)(C)C)CCC4)cc3)c(=O)c2cc1C(N)=O. The number of benzene rings is 3. The molecule has 1 aliphatic rings. The summed E-state index contributed by atoms with van der Waals surface area (Å²) in [5.74, 6) is -0.0908. The Morgan fingerprint density at radius 2 is 1.65 bits per heavy atom. The maximum atomic E-state index is 14.0. The summed E-state index contributed by atoms with van der Waals surface area (Å²) < 4.78 is 17.1. The third-order valence-electron chi connectivity index (χ3n) is 7.19. The molecule has 3 aromatic carbocycles. The number of rotatable bonds is 6. The van der Waals surface area contributed by atoms with Crippen LogP contribution in [-0.4, -0.2) is 24.7 Å². The molecule has 0 spiro atoms. The van der Waals surface area contributed by atoms with Crippen LogP contribution in [0.25, 0.3) is 33.4 Å². The van der Waals surface area contributed by atoms with Crippen LogP contribution in [0.15, 0.2) is 75.9 Å². The quantitative estimate of drug-likeness (QED) is 0.303. The van der Waals surface area contributed by atoms with E-state index < -0.39 is 23.1 Å². The van der Waals surface area contributed by atoms with Crippen molar-refractivity contribution in [2.24, 2.45) is 5.73 Å². The second-order valence-corrected chi connectivity index (χ2v) is 11.1. The first-order valence-corrected chi connectivity index (χ1v) is 13.2. The molecule has 1 aromatic heterocycles. The molecule has 0 atom stereocenters. The molecule has 2 amide bonds. The minimum absolute atomic E-state index is 0.0937. The van der Waals surface area contributed by atoms with Crippen molar-refractivity contribution >= 4 is 23.0 Å². The fourth-order valence-corrected chi connectivity index (χ4v) is 5.11. The van der Waals surface area contributed by atoms with Crippen LogP contribution >= 0.6 is 0 Å². The molecule has 1 heterocycles. The molecular formula is C32H32N2O6. The molecule has 8 nitrogen and oxygen atoms in total. The molecule has 3 N–H and O–H groups in total. The Bertz CT molecular complexity index is 1650. The Hall–Kier alpha value is -4.59. The molecule has 206 valence electrons. The molecule has 0 unspecified atom stereocenters. The predicted octanol–water partition coefficient (Wildman–Crippen LogP) is 6.14. The lowest BCUT2D eigenvalue weighted by molar-refractivity contribution is 0.0377. The Morgan fingerprint density at radius 1 is 0.975 bits per heavy atom. The summed E-state index contributed by atoms with van der Waals surface area (Å²) in [4.78, 5) is 38.7. The average Bonchev–Trinajstić information content (AvgIpc) is 2.89. The molecule has 1 aliphatic carbocycles. The van der Waals surface area contributed by atoms with Gasteiger partial charge in [-0.25, -0.2) is 4.79 Å². The van der Waals surface area contributed by atoms with Gasteiger partial charge in [-0.2, -0.15) is 0 Å². The van der Waals surface area contributed by atoms with E-state index >= 15 is 0 Å². The number of ether oxygens (including phenoxy) is 2. The van der Waals surface area contributed by atoms with E-state index in [4.69, 9.17) is 19.6 Å². The summed E-state index contributed by atoms with van der Waals surface area (Å²) in [6, 6.07) is 19.8. The lowest BCUT2D eigenvalue weighted by atomic mass is 9.71. The third kappa shape index (κ3) is 5.04.